The Kier molecular flexibility index (Phi) is 3.92. The molecule has 0 aromatic heterocycles. The molecule has 1 aromatic rings. The van der Waals surface area contributed by atoms with Crippen LogP contribution >= 0.6 is 0 Å². The maximum Gasteiger partial charge on any atom is 0.199 e. The fourth-order valence-electron chi connectivity index (χ4n) is 2.16. The van der Waals surface area contributed by atoms with E-state index in [0.29, 0.717) is 4.48 Å². The first-order chi connectivity index (χ1) is 8.64. The van der Waals surface area contributed by atoms with Crippen molar-refractivity contribution in [1.82, 2.24) is 4.48 Å². The van der Waals surface area contributed by atoms with Crippen molar-refractivity contribution in [3.8, 4) is 0 Å². The van der Waals surface area contributed by atoms with Gasteiger partial charge in [-0.15, -0.1) is 0 Å². The number of halogens is 1. The molecule has 0 saturated carbocycles. The molecule has 0 N–H and O–H groups in total. The van der Waals surface area contributed by atoms with Crippen LogP contribution < -0.4 is 4.48 Å². The monoisotopic (exact) mass is 247 g/mol. The zero-order valence-corrected chi connectivity index (χ0v) is 11.1. The molecule has 0 amide bonds. The van der Waals surface area contributed by atoms with Crippen molar-refractivity contribution >= 4 is 12.0 Å². The Morgan fingerprint density at radius 1 is 1.17 bits per heavy atom. The van der Waals surface area contributed by atoms with Gasteiger partial charge >= 0.3 is 0 Å². The van der Waals surface area contributed by atoms with Gasteiger partial charge in [0.1, 0.15) is 17.7 Å². The highest BCUT2D eigenvalue weighted by Gasteiger charge is 2.26. The van der Waals surface area contributed by atoms with Crippen LogP contribution in [-0.4, -0.2) is 13.4 Å². The lowest BCUT2D eigenvalue weighted by atomic mass is 10.2. The smallest absolute Gasteiger partial charge is 0.199 e. The summed E-state index contributed by atoms with van der Waals surface area (Å²) in [4.78, 5) is 4.47. The predicted molar refractivity (Wildman–Crippen MR) is 74.8 cm³/mol. The summed E-state index contributed by atoms with van der Waals surface area (Å²) in [7, 11) is 2.06. The fraction of sp³-hybridized carbons (Fsp3) is 0.400. The molecule has 1 aliphatic rings. The van der Waals surface area contributed by atoms with Crippen LogP contribution in [0.15, 0.2) is 41.2 Å². The van der Waals surface area contributed by atoms with Gasteiger partial charge in [-0.1, -0.05) is 19.8 Å². The van der Waals surface area contributed by atoms with E-state index >= 15 is 0 Å². The predicted octanol–water partition coefficient (Wildman–Crippen LogP) is 4.23. The van der Waals surface area contributed by atoms with Crippen LogP contribution in [0.5, 0.6) is 0 Å². The number of hydrogen-bond acceptors (Lipinski definition) is 1. The summed E-state index contributed by atoms with van der Waals surface area (Å²) in [5.41, 5.74) is 2.17. The largest absolute Gasteiger partial charge is 0.224 e. The van der Waals surface area contributed by atoms with Gasteiger partial charge in [-0.05, 0) is 25.0 Å². The average Bonchev–Trinajstić information content (AvgIpc) is 2.74. The standard InChI is InChI=1S/C15H20FN2/c1-3-4-5-6-14-11-18(2,12-17-14)15-9-7-13(16)8-10-15/h7-12H,3-6H2,1-2H3/q+1. The van der Waals surface area contributed by atoms with Crippen LogP contribution in [0.4, 0.5) is 10.1 Å². The molecule has 1 atom stereocenters. The second-order valence-corrected chi connectivity index (χ2v) is 4.95. The second kappa shape index (κ2) is 5.44. The molecule has 18 heavy (non-hydrogen) atoms. The Labute approximate surface area is 108 Å². The molecular formula is C15H20FN2+. The maximum atomic E-state index is 12.9. The molecule has 3 heteroatoms. The van der Waals surface area contributed by atoms with E-state index in [-0.39, 0.29) is 5.82 Å². The van der Waals surface area contributed by atoms with Gasteiger partial charge in [-0.25, -0.2) is 13.9 Å². The van der Waals surface area contributed by atoms with Crippen LogP contribution in [-0.2, 0) is 0 Å². The highest BCUT2D eigenvalue weighted by molar-refractivity contribution is 5.78. The highest BCUT2D eigenvalue weighted by Crippen LogP contribution is 2.27. The lowest BCUT2D eigenvalue weighted by Crippen LogP contribution is -2.35. The number of aliphatic imine (C=N–C) groups is 1. The molecule has 0 radical (unpaired) electrons. The zero-order valence-electron chi connectivity index (χ0n) is 11.1. The molecule has 1 unspecified atom stereocenters. The van der Waals surface area contributed by atoms with Gasteiger partial charge in [0.2, 0.25) is 0 Å². The van der Waals surface area contributed by atoms with E-state index in [4.69, 9.17) is 0 Å². The first kappa shape index (κ1) is 13.0. The van der Waals surface area contributed by atoms with E-state index in [1.165, 1.54) is 31.4 Å². The molecule has 1 heterocycles. The summed E-state index contributed by atoms with van der Waals surface area (Å²) in [5.74, 6) is -0.200. The van der Waals surface area contributed by atoms with Crippen molar-refractivity contribution in [2.75, 3.05) is 7.05 Å². The Morgan fingerprint density at radius 2 is 1.89 bits per heavy atom. The van der Waals surface area contributed by atoms with Crippen molar-refractivity contribution in [1.29, 1.82) is 0 Å². The van der Waals surface area contributed by atoms with E-state index in [9.17, 15) is 4.39 Å². The molecule has 0 bridgehead atoms. The van der Waals surface area contributed by atoms with Gasteiger partial charge in [-0.2, -0.15) is 0 Å². The van der Waals surface area contributed by atoms with E-state index in [0.717, 1.165) is 17.8 Å². The van der Waals surface area contributed by atoms with Crippen LogP contribution in [0.1, 0.15) is 32.6 Å². The highest BCUT2D eigenvalue weighted by atomic mass is 19.1. The Balaban J connectivity index is 2.09. The van der Waals surface area contributed by atoms with Crippen molar-refractivity contribution < 1.29 is 4.39 Å². The number of quaternary nitrogens is 1. The number of rotatable bonds is 5. The summed E-state index contributed by atoms with van der Waals surface area (Å²) in [5, 5.41) is 0. The zero-order chi connectivity index (χ0) is 13.0. The molecule has 0 fully saturated rings. The number of hydrogen-bond donors (Lipinski definition) is 0. The van der Waals surface area contributed by atoms with Crippen molar-refractivity contribution in [3.63, 3.8) is 0 Å². The van der Waals surface area contributed by atoms with E-state index in [1.807, 2.05) is 18.5 Å². The quantitative estimate of drug-likeness (QED) is 0.545. The minimum atomic E-state index is -0.200. The van der Waals surface area contributed by atoms with Gasteiger partial charge in [-0.3, -0.25) is 0 Å². The third-order valence-corrected chi connectivity index (χ3v) is 3.30. The third kappa shape index (κ3) is 2.85. The SMILES string of the molecule is CCCCCC1=C[N+](C)(c2ccc(F)cc2)C=N1. The molecule has 0 saturated heterocycles. The Bertz CT molecular complexity index is 462. The molecule has 2 rings (SSSR count). The number of unbranched alkanes of at least 4 members (excludes halogenated alkanes) is 2. The number of benzene rings is 1. The van der Waals surface area contributed by atoms with Gasteiger partial charge < -0.3 is 0 Å². The molecular weight excluding hydrogens is 227 g/mol. The van der Waals surface area contributed by atoms with Crippen LogP contribution in [0.3, 0.4) is 0 Å². The average molecular weight is 247 g/mol. The first-order valence-electron chi connectivity index (χ1n) is 6.53. The van der Waals surface area contributed by atoms with Crippen LogP contribution in [0.25, 0.3) is 0 Å². The van der Waals surface area contributed by atoms with Crippen LogP contribution in [0.2, 0.25) is 0 Å². The third-order valence-electron chi connectivity index (χ3n) is 3.30. The molecule has 2 nitrogen and oxygen atoms in total. The van der Waals surface area contributed by atoms with Crippen molar-refractivity contribution in [3.05, 3.63) is 42.0 Å². The second-order valence-electron chi connectivity index (χ2n) is 4.95. The molecule has 0 spiro atoms. The number of allylic oxidation sites excluding steroid dienone is 1. The molecule has 96 valence electrons. The molecule has 1 aromatic carbocycles. The van der Waals surface area contributed by atoms with Gasteiger partial charge in [0.05, 0.1) is 12.7 Å². The maximum absolute atomic E-state index is 12.9. The van der Waals surface area contributed by atoms with Gasteiger partial charge in [0, 0.05) is 12.1 Å². The van der Waals surface area contributed by atoms with E-state index in [1.54, 1.807) is 0 Å². The van der Waals surface area contributed by atoms with Gasteiger partial charge in [0.25, 0.3) is 0 Å². The minimum Gasteiger partial charge on any atom is -0.224 e. The summed E-state index contributed by atoms with van der Waals surface area (Å²) in [6.45, 7) is 2.20. The van der Waals surface area contributed by atoms with Crippen LogP contribution in [0, 0.1) is 5.82 Å². The summed E-state index contributed by atoms with van der Waals surface area (Å²) >= 11 is 0. The van der Waals surface area contributed by atoms with E-state index in [2.05, 4.69) is 25.2 Å². The minimum absolute atomic E-state index is 0.200. The molecule has 0 aliphatic carbocycles. The first-order valence-corrected chi connectivity index (χ1v) is 6.53. The Hall–Kier alpha value is -1.48. The van der Waals surface area contributed by atoms with Crippen molar-refractivity contribution in [2.45, 2.75) is 32.6 Å². The topological polar surface area (TPSA) is 12.4 Å². The lowest BCUT2D eigenvalue weighted by Gasteiger charge is -2.20. The summed E-state index contributed by atoms with van der Waals surface area (Å²) in [6, 6.07) is 6.62. The molecule has 1 aliphatic heterocycles. The number of nitrogens with zero attached hydrogens (tertiary/aromatic N) is 2. The lowest BCUT2D eigenvalue weighted by molar-refractivity contribution is 0.622. The van der Waals surface area contributed by atoms with E-state index < -0.39 is 0 Å². The normalized spacial score (nSPS) is 22.3. The summed E-state index contributed by atoms with van der Waals surface area (Å²) in [6.07, 6.45) is 8.73. The van der Waals surface area contributed by atoms with Crippen molar-refractivity contribution in [2.24, 2.45) is 4.99 Å². The summed E-state index contributed by atoms with van der Waals surface area (Å²) < 4.78 is 13.5. The fourth-order valence-corrected chi connectivity index (χ4v) is 2.16. The Morgan fingerprint density at radius 3 is 2.56 bits per heavy atom. The van der Waals surface area contributed by atoms with Gasteiger partial charge in [0.15, 0.2) is 6.34 Å².